The third kappa shape index (κ3) is 4.93. The van der Waals surface area contributed by atoms with Gasteiger partial charge < -0.3 is 10.4 Å². The maximum atomic E-state index is 12.4. The fourth-order valence-corrected chi connectivity index (χ4v) is 1.71. The zero-order valence-electron chi connectivity index (χ0n) is 10.4. The summed E-state index contributed by atoms with van der Waals surface area (Å²) in [6.07, 6.45) is -0.749. The minimum atomic E-state index is -2.41. The summed E-state index contributed by atoms with van der Waals surface area (Å²) in [7, 11) is 0. The number of hydrogen-bond donors (Lipinski definition) is 2. The van der Waals surface area contributed by atoms with Crippen molar-refractivity contribution in [1.29, 1.82) is 0 Å². The molecule has 0 bridgehead atoms. The molecule has 0 radical (unpaired) electrons. The number of aliphatic hydroxyl groups is 1. The molecule has 0 aromatic carbocycles. The zero-order valence-corrected chi connectivity index (χ0v) is 10.4. The molecule has 1 heterocycles. The smallest absolute Gasteiger partial charge is 0.251 e. The fourth-order valence-electron chi connectivity index (χ4n) is 1.71. The van der Waals surface area contributed by atoms with Gasteiger partial charge in [0.25, 0.3) is 6.43 Å². The van der Waals surface area contributed by atoms with Gasteiger partial charge in [0, 0.05) is 31.4 Å². The highest BCUT2D eigenvalue weighted by Gasteiger charge is 2.14. The van der Waals surface area contributed by atoms with Gasteiger partial charge in [0.2, 0.25) is 0 Å². The zero-order chi connectivity index (χ0) is 13.4. The van der Waals surface area contributed by atoms with E-state index in [1.54, 1.807) is 12.3 Å². The lowest BCUT2D eigenvalue weighted by atomic mass is 10.2. The van der Waals surface area contributed by atoms with Crippen molar-refractivity contribution < 1.29 is 13.9 Å². The van der Waals surface area contributed by atoms with Crippen LogP contribution in [0.5, 0.6) is 0 Å². The van der Waals surface area contributed by atoms with E-state index < -0.39 is 6.43 Å². The molecule has 0 saturated heterocycles. The molecule has 6 heteroatoms. The van der Waals surface area contributed by atoms with Crippen LogP contribution in [0.15, 0.2) is 18.3 Å². The summed E-state index contributed by atoms with van der Waals surface area (Å²) in [4.78, 5) is 5.69. The largest absolute Gasteiger partial charge is 0.395 e. The molecule has 4 nitrogen and oxygen atoms in total. The maximum absolute atomic E-state index is 12.4. The first-order valence-electron chi connectivity index (χ1n) is 5.96. The first-order valence-corrected chi connectivity index (χ1v) is 5.96. The summed E-state index contributed by atoms with van der Waals surface area (Å²) in [5.74, 6) is 0.706. The van der Waals surface area contributed by atoms with Crippen LogP contribution in [0.4, 0.5) is 14.6 Å². The number of anilines is 1. The van der Waals surface area contributed by atoms with Crippen molar-refractivity contribution in [2.45, 2.75) is 19.9 Å². The predicted octanol–water partition coefficient (Wildman–Crippen LogP) is 1.57. The fraction of sp³-hybridized carbons (Fsp3) is 0.583. The van der Waals surface area contributed by atoms with Gasteiger partial charge in [0.1, 0.15) is 5.82 Å². The lowest BCUT2D eigenvalue weighted by Gasteiger charge is -2.22. The molecule has 102 valence electrons. The van der Waals surface area contributed by atoms with Gasteiger partial charge in [-0.3, -0.25) is 4.90 Å². The number of hydrogen-bond acceptors (Lipinski definition) is 4. The van der Waals surface area contributed by atoms with Crippen LogP contribution in [0.1, 0.15) is 12.5 Å². The van der Waals surface area contributed by atoms with E-state index in [0.29, 0.717) is 12.4 Å². The third-order valence-electron chi connectivity index (χ3n) is 2.44. The van der Waals surface area contributed by atoms with Crippen LogP contribution >= 0.6 is 0 Å². The van der Waals surface area contributed by atoms with Crippen molar-refractivity contribution in [2.24, 2.45) is 0 Å². The van der Waals surface area contributed by atoms with Crippen molar-refractivity contribution in [2.75, 3.05) is 31.6 Å². The van der Waals surface area contributed by atoms with Gasteiger partial charge in [-0.1, -0.05) is 6.07 Å². The molecule has 0 fully saturated rings. The summed E-state index contributed by atoms with van der Waals surface area (Å²) < 4.78 is 24.8. The molecular formula is C12H19F2N3O. The van der Waals surface area contributed by atoms with Gasteiger partial charge in [0.15, 0.2) is 0 Å². The average molecular weight is 259 g/mol. The summed E-state index contributed by atoms with van der Waals surface area (Å²) in [5, 5.41) is 12.0. The van der Waals surface area contributed by atoms with E-state index in [2.05, 4.69) is 10.3 Å². The van der Waals surface area contributed by atoms with E-state index in [-0.39, 0.29) is 19.7 Å². The third-order valence-corrected chi connectivity index (χ3v) is 2.44. The number of alkyl halides is 2. The van der Waals surface area contributed by atoms with Gasteiger partial charge in [-0.15, -0.1) is 0 Å². The molecule has 0 aliphatic rings. The molecule has 0 amide bonds. The number of pyridine rings is 1. The Bertz CT molecular complexity index is 350. The topological polar surface area (TPSA) is 48.4 Å². The van der Waals surface area contributed by atoms with Gasteiger partial charge in [0.05, 0.1) is 13.2 Å². The Kier molecular flexibility index (Phi) is 6.53. The highest BCUT2D eigenvalue weighted by atomic mass is 19.3. The van der Waals surface area contributed by atoms with Crippen molar-refractivity contribution in [3.8, 4) is 0 Å². The number of aliphatic hydroxyl groups excluding tert-OH is 1. The second-order valence-corrected chi connectivity index (χ2v) is 3.89. The average Bonchev–Trinajstić information content (AvgIpc) is 2.31. The number of aromatic nitrogens is 1. The van der Waals surface area contributed by atoms with Crippen LogP contribution in [-0.2, 0) is 6.54 Å². The Morgan fingerprint density at radius 3 is 2.89 bits per heavy atom. The minimum Gasteiger partial charge on any atom is -0.395 e. The van der Waals surface area contributed by atoms with E-state index in [9.17, 15) is 8.78 Å². The molecule has 0 aliphatic carbocycles. The van der Waals surface area contributed by atoms with Crippen LogP contribution < -0.4 is 5.32 Å². The lowest BCUT2D eigenvalue weighted by Crippen LogP contribution is -2.31. The Morgan fingerprint density at radius 1 is 1.50 bits per heavy atom. The Labute approximate surface area is 106 Å². The van der Waals surface area contributed by atoms with Crippen LogP contribution in [0.3, 0.4) is 0 Å². The molecular weight excluding hydrogens is 240 g/mol. The molecule has 0 saturated carbocycles. The standard InChI is InChI=1S/C12H19F2N3O/c1-2-15-12-10(4-3-5-16-12)8-17(6-7-18)9-11(13)14/h3-5,11,18H,2,6-9H2,1H3,(H,15,16). The van der Waals surface area contributed by atoms with E-state index in [4.69, 9.17) is 5.11 Å². The monoisotopic (exact) mass is 259 g/mol. The number of nitrogens with one attached hydrogen (secondary N) is 1. The molecule has 0 atom stereocenters. The Morgan fingerprint density at radius 2 is 2.28 bits per heavy atom. The van der Waals surface area contributed by atoms with Crippen LogP contribution in [0.2, 0.25) is 0 Å². The van der Waals surface area contributed by atoms with Crippen LogP contribution in [0.25, 0.3) is 0 Å². The molecule has 0 aliphatic heterocycles. The van der Waals surface area contributed by atoms with Crippen molar-refractivity contribution in [3.05, 3.63) is 23.9 Å². The molecule has 0 spiro atoms. The van der Waals surface area contributed by atoms with Gasteiger partial charge in [-0.25, -0.2) is 13.8 Å². The summed E-state index contributed by atoms with van der Waals surface area (Å²) in [5.41, 5.74) is 0.855. The van der Waals surface area contributed by atoms with Crippen molar-refractivity contribution in [3.63, 3.8) is 0 Å². The molecule has 1 rings (SSSR count). The lowest BCUT2D eigenvalue weighted by molar-refractivity contribution is 0.0747. The Hall–Kier alpha value is -1.27. The highest BCUT2D eigenvalue weighted by Crippen LogP contribution is 2.14. The Balaban J connectivity index is 2.72. The van der Waals surface area contributed by atoms with Gasteiger partial charge in [-0.2, -0.15) is 0 Å². The molecule has 1 aromatic heterocycles. The molecule has 2 N–H and O–H groups in total. The van der Waals surface area contributed by atoms with E-state index in [0.717, 1.165) is 12.1 Å². The number of rotatable bonds is 8. The van der Waals surface area contributed by atoms with Gasteiger partial charge in [-0.05, 0) is 13.0 Å². The summed E-state index contributed by atoms with van der Waals surface area (Å²) in [6, 6.07) is 3.62. The molecule has 1 aromatic rings. The maximum Gasteiger partial charge on any atom is 0.251 e. The summed E-state index contributed by atoms with van der Waals surface area (Å²) >= 11 is 0. The van der Waals surface area contributed by atoms with Crippen molar-refractivity contribution in [1.82, 2.24) is 9.88 Å². The predicted molar refractivity (Wildman–Crippen MR) is 66.8 cm³/mol. The van der Waals surface area contributed by atoms with Crippen LogP contribution in [0, 0.1) is 0 Å². The first-order chi connectivity index (χ1) is 8.67. The van der Waals surface area contributed by atoms with E-state index in [1.165, 1.54) is 4.90 Å². The second kappa shape index (κ2) is 7.94. The first kappa shape index (κ1) is 14.8. The normalized spacial score (nSPS) is 11.2. The summed E-state index contributed by atoms with van der Waals surface area (Å²) in [6.45, 7) is 2.76. The minimum absolute atomic E-state index is 0.135. The number of nitrogens with zero attached hydrogens (tertiary/aromatic N) is 2. The van der Waals surface area contributed by atoms with Crippen molar-refractivity contribution >= 4 is 5.82 Å². The SMILES string of the molecule is CCNc1ncccc1CN(CCO)CC(F)F. The molecule has 18 heavy (non-hydrogen) atoms. The highest BCUT2D eigenvalue weighted by molar-refractivity contribution is 5.43. The molecule has 0 unspecified atom stereocenters. The van der Waals surface area contributed by atoms with Crippen LogP contribution in [-0.4, -0.2) is 47.7 Å². The van der Waals surface area contributed by atoms with Gasteiger partial charge >= 0.3 is 0 Å². The quantitative estimate of drug-likeness (QED) is 0.744. The van der Waals surface area contributed by atoms with E-state index in [1.807, 2.05) is 13.0 Å². The second-order valence-electron chi connectivity index (χ2n) is 3.89. The van der Waals surface area contributed by atoms with E-state index >= 15 is 0 Å². The number of halogens is 2.